The van der Waals surface area contributed by atoms with Crippen LogP contribution >= 0.6 is 0 Å². The maximum atomic E-state index is 12.9. The van der Waals surface area contributed by atoms with Crippen molar-refractivity contribution < 1.29 is 28.6 Å². The summed E-state index contributed by atoms with van der Waals surface area (Å²) in [7, 11) is 0. The molecule has 0 aromatic carbocycles. The van der Waals surface area contributed by atoms with E-state index in [0.717, 1.165) is 96.3 Å². The van der Waals surface area contributed by atoms with Crippen LogP contribution < -0.4 is 0 Å². The van der Waals surface area contributed by atoms with Gasteiger partial charge in [-0.1, -0.05) is 279 Å². The highest BCUT2D eigenvalue weighted by Gasteiger charge is 2.19. The number of rotatable bonds is 52. The van der Waals surface area contributed by atoms with E-state index in [1.807, 2.05) is 24.3 Å². The summed E-state index contributed by atoms with van der Waals surface area (Å²) >= 11 is 0. The molecule has 0 aromatic rings. The lowest BCUT2D eigenvalue weighted by Crippen LogP contribution is -2.30. The number of esters is 3. The quantitative estimate of drug-likeness (QED) is 0.0262. The fourth-order valence-corrected chi connectivity index (χ4v) is 8.11. The predicted octanol–water partition coefficient (Wildman–Crippen LogP) is 19.5. The van der Waals surface area contributed by atoms with Gasteiger partial charge in [-0.2, -0.15) is 0 Å². The molecule has 396 valence electrons. The number of hydrogen-bond donors (Lipinski definition) is 0. The number of allylic oxidation sites excluding steroid dienone is 14. The van der Waals surface area contributed by atoms with E-state index < -0.39 is 6.10 Å². The van der Waals surface area contributed by atoms with Gasteiger partial charge in [-0.3, -0.25) is 14.4 Å². The molecule has 0 aromatic heterocycles. The van der Waals surface area contributed by atoms with E-state index in [9.17, 15) is 14.4 Å². The molecule has 0 saturated heterocycles. The highest BCUT2D eigenvalue weighted by atomic mass is 16.6. The summed E-state index contributed by atoms with van der Waals surface area (Å²) in [5, 5.41) is 0. The lowest BCUT2D eigenvalue weighted by Gasteiger charge is -2.18. The predicted molar refractivity (Wildman–Crippen MR) is 297 cm³/mol. The molecule has 0 rings (SSSR count). The first-order chi connectivity index (χ1) is 34.0. The van der Waals surface area contributed by atoms with Crippen molar-refractivity contribution in [3.63, 3.8) is 0 Å². The van der Waals surface area contributed by atoms with Crippen LogP contribution in [-0.4, -0.2) is 37.2 Å². The smallest absolute Gasteiger partial charge is 0.306 e. The van der Waals surface area contributed by atoms with Crippen LogP contribution in [0.5, 0.6) is 0 Å². The molecule has 0 aliphatic heterocycles. The summed E-state index contributed by atoms with van der Waals surface area (Å²) < 4.78 is 16.8. The van der Waals surface area contributed by atoms with Crippen LogP contribution in [0.2, 0.25) is 0 Å². The second-order valence-electron chi connectivity index (χ2n) is 19.4. The maximum absolute atomic E-state index is 12.9. The van der Waals surface area contributed by atoms with Crippen molar-refractivity contribution in [2.45, 2.75) is 284 Å². The molecule has 0 saturated carbocycles. The summed E-state index contributed by atoms with van der Waals surface area (Å²) in [5.41, 5.74) is 0. The highest BCUT2D eigenvalue weighted by Crippen LogP contribution is 2.16. The molecule has 0 radical (unpaired) electrons. The van der Waals surface area contributed by atoms with E-state index in [-0.39, 0.29) is 31.1 Å². The fraction of sp³-hybridized carbons (Fsp3) is 0.730. The molecule has 0 aliphatic rings. The molecule has 69 heavy (non-hydrogen) atoms. The molecule has 0 heterocycles. The molecule has 1 atom stereocenters. The van der Waals surface area contributed by atoms with Gasteiger partial charge in [0.25, 0.3) is 0 Å². The van der Waals surface area contributed by atoms with Gasteiger partial charge < -0.3 is 14.2 Å². The first-order valence-corrected chi connectivity index (χ1v) is 29.2. The van der Waals surface area contributed by atoms with E-state index in [4.69, 9.17) is 14.2 Å². The Morgan fingerprint density at radius 2 is 0.551 bits per heavy atom. The van der Waals surface area contributed by atoms with E-state index >= 15 is 0 Å². The van der Waals surface area contributed by atoms with Gasteiger partial charge >= 0.3 is 17.9 Å². The third kappa shape index (κ3) is 55.4. The minimum Gasteiger partial charge on any atom is -0.462 e. The first kappa shape index (κ1) is 65.6. The van der Waals surface area contributed by atoms with Crippen LogP contribution in [0.25, 0.3) is 0 Å². The Bertz CT molecular complexity index is 1330. The average molecular weight is 962 g/mol. The van der Waals surface area contributed by atoms with Gasteiger partial charge in [0.2, 0.25) is 0 Å². The Balaban J connectivity index is 4.47. The lowest BCUT2D eigenvalue weighted by molar-refractivity contribution is -0.167. The van der Waals surface area contributed by atoms with E-state index in [1.165, 1.54) is 141 Å². The Morgan fingerprint density at radius 1 is 0.290 bits per heavy atom. The van der Waals surface area contributed by atoms with Crippen molar-refractivity contribution in [3.8, 4) is 0 Å². The minimum atomic E-state index is -0.798. The van der Waals surface area contributed by atoms with Crippen molar-refractivity contribution in [2.24, 2.45) is 0 Å². The van der Waals surface area contributed by atoms with Crippen LogP contribution in [0.1, 0.15) is 278 Å². The number of ether oxygens (including phenoxy) is 3. The maximum Gasteiger partial charge on any atom is 0.306 e. The van der Waals surface area contributed by atoms with E-state index in [1.54, 1.807) is 0 Å². The molecule has 0 bridgehead atoms. The number of unbranched alkanes of at least 4 members (excludes halogenated alkanes) is 32. The molecule has 6 nitrogen and oxygen atoms in total. The number of carbonyl (C=O) groups excluding carboxylic acids is 3. The third-order valence-electron chi connectivity index (χ3n) is 12.5. The SMILES string of the molecule is CCC\C=C/C=C\C=C/C=C\C=C/CCCCCCCC(=O)OCC(COC(=O)CCCCC/C=C\C=C/CCCCCCCCC)OC(=O)CCCCCCCCCCCCCCCCCCC. The lowest BCUT2D eigenvalue weighted by atomic mass is 10.0. The summed E-state index contributed by atoms with van der Waals surface area (Å²) in [5.74, 6) is -0.936. The highest BCUT2D eigenvalue weighted by molar-refractivity contribution is 5.71. The van der Waals surface area contributed by atoms with Gasteiger partial charge in [-0.05, 0) is 64.2 Å². The van der Waals surface area contributed by atoms with Gasteiger partial charge in [0, 0.05) is 19.3 Å². The fourth-order valence-electron chi connectivity index (χ4n) is 8.11. The van der Waals surface area contributed by atoms with Crippen LogP contribution in [0.15, 0.2) is 85.1 Å². The van der Waals surface area contributed by atoms with Crippen molar-refractivity contribution in [1.82, 2.24) is 0 Å². The van der Waals surface area contributed by atoms with Gasteiger partial charge in [0.1, 0.15) is 13.2 Å². The largest absolute Gasteiger partial charge is 0.462 e. The summed E-state index contributed by atoms with van der Waals surface area (Å²) in [6.45, 7) is 6.53. The summed E-state index contributed by atoms with van der Waals surface area (Å²) in [6, 6.07) is 0. The van der Waals surface area contributed by atoms with Crippen LogP contribution in [0.4, 0.5) is 0 Å². The summed E-state index contributed by atoms with van der Waals surface area (Å²) in [6.07, 6.45) is 74.2. The number of hydrogen-bond acceptors (Lipinski definition) is 6. The Labute approximate surface area is 426 Å². The normalized spacial score (nSPS) is 12.7. The Hall–Kier alpha value is -3.41. The number of carbonyl (C=O) groups is 3. The zero-order valence-electron chi connectivity index (χ0n) is 45.3. The van der Waals surface area contributed by atoms with Crippen molar-refractivity contribution in [2.75, 3.05) is 13.2 Å². The van der Waals surface area contributed by atoms with Gasteiger partial charge in [-0.25, -0.2) is 0 Å². The topological polar surface area (TPSA) is 78.9 Å². The molecule has 0 aliphatic carbocycles. The molecule has 0 fully saturated rings. The van der Waals surface area contributed by atoms with E-state index in [2.05, 4.69) is 81.5 Å². The monoisotopic (exact) mass is 961 g/mol. The van der Waals surface area contributed by atoms with Gasteiger partial charge in [-0.15, -0.1) is 0 Å². The molecular weight excluding hydrogens is 853 g/mol. The minimum absolute atomic E-state index is 0.0968. The third-order valence-corrected chi connectivity index (χ3v) is 12.5. The zero-order chi connectivity index (χ0) is 50.0. The zero-order valence-corrected chi connectivity index (χ0v) is 45.3. The standard InChI is InChI=1S/C63H108O6/c1-4-7-10-13-16-19-22-25-28-31-33-35-38-41-44-47-50-53-56-62(65)68-59-60(58-67-61(64)55-52-49-46-43-40-37-34-30-27-24-21-18-15-12-9-6-3)69-63(66)57-54-51-48-45-42-39-36-32-29-26-23-20-17-14-11-8-5-2/h10,13,16,19,22,25,28,30-31,33-35,37,40,60H,4-9,11-12,14-15,17-18,20-21,23-24,26-27,29,32,36,38-39,41-59H2,1-3H3/b13-10-,19-16-,25-22-,31-28-,34-30-,35-33-,40-37-. The molecule has 6 heteroatoms. The van der Waals surface area contributed by atoms with Crippen molar-refractivity contribution in [1.29, 1.82) is 0 Å². The van der Waals surface area contributed by atoms with Crippen molar-refractivity contribution in [3.05, 3.63) is 85.1 Å². The molecule has 1 unspecified atom stereocenters. The van der Waals surface area contributed by atoms with Gasteiger partial charge in [0.05, 0.1) is 0 Å². The van der Waals surface area contributed by atoms with Crippen LogP contribution in [0, 0.1) is 0 Å². The second kappa shape index (κ2) is 57.2. The Morgan fingerprint density at radius 3 is 0.899 bits per heavy atom. The second-order valence-corrected chi connectivity index (χ2v) is 19.4. The molecule has 0 spiro atoms. The van der Waals surface area contributed by atoms with Crippen LogP contribution in [-0.2, 0) is 28.6 Å². The molecule has 0 amide bonds. The first-order valence-electron chi connectivity index (χ1n) is 29.2. The Kier molecular flexibility index (Phi) is 54.3. The van der Waals surface area contributed by atoms with Crippen LogP contribution in [0.3, 0.4) is 0 Å². The summed E-state index contributed by atoms with van der Waals surface area (Å²) in [4.78, 5) is 38.2. The van der Waals surface area contributed by atoms with Gasteiger partial charge in [0.15, 0.2) is 6.10 Å². The van der Waals surface area contributed by atoms with E-state index in [0.29, 0.717) is 19.3 Å². The van der Waals surface area contributed by atoms with Crippen molar-refractivity contribution >= 4 is 17.9 Å². The molecule has 0 N–H and O–H groups in total. The average Bonchev–Trinajstić information content (AvgIpc) is 3.35. The molecular formula is C63H108O6.